The van der Waals surface area contributed by atoms with E-state index in [1.54, 1.807) is 24.3 Å². The number of nitrogens with zero attached hydrogens (tertiary/aromatic N) is 1. The highest BCUT2D eigenvalue weighted by atomic mass is 35.5. The van der Waals surface area contributed by atoms with Crippen molar-refractivity contribution in [1.82, 2.24) is 0 Å². The number of thiophene rings is 1. The monoisotopic (exact) mass is 419 g/mol. The summed E-state index contributed by atoms with van der Waals surface area (Å²) in [6.45, 7) is 7.32. The van der Waals surface area contributed by atoms with Crippen molar-refractivity contribution in [3.8, 4) is 11.8 Å². The molecule has 28 heavy (non-hydrogen) atoms. The predicted octanol–water partition coefficient (Wildman–Crippen LogP) is 4.44. The molecule has 2 N–H and O–H groups in total. The zero-order valence-electron chi connectivity index (χ0n) is 16.2. The van der Waals surface area contributed by atoms with E-state index < -0.39 is 11.9 Å². The van der Waals surface area contributed by atoms with Crippen molar-refractivity contribution in [1.29, 1.82) is 0 Å². The van der Waals surface area contributed by atoms with Gasteiger partial charge in [0.25, 0.3) is 5.91 Å². The highest BCUT2D eigenvalue weighted by Gasteiger charge is 2.26. The van der Waals surface area contributed by atoms with Crippen molar-refractivity contribution in [2.24, 2.45) is 5.41 Å². The Bertz CT molecular complexity index is 963. The molecule has 7 heteroatoms. The van der Waals surface area contributed by atoms with Crippen LogP contribution in [0, 0.1) is 24.2 Å². The molecule has 1 aromatic heterocycles. The number of halogens is 1. The lowest BCUT2D eigenvalue weighted by Gasteiger charge is -2.22. The number of aliphatic hydroxyl groups is 1. The maximum Gasteiger partial charge on any atom is 0.348 e. The molecule has 1 aromatic carbocycles. The number of hydrogen-bond acceptors (Lipinski definition) is 4. The third kappa shape index (κ3) is 5.35. The summed E-state index contributed by atoms with van der Waals surface area (Å²) in [5.74, 6) is 4.40. The van der Waals surface area contributed by atoms with E-state index in [2.05, 4.69) is 11.8 Å². The number of carboxylic acid groups (broad SMARTS) is 1. The van der Waals surface area contributed by atoms with Crippen molar-refractivity contribution < 1.29 is 19.8 Å². The van der Waals surface area contributed by atoms with E-state index in [9.17, 15) is 19.8 Å². The maximum atomic E-state index is 13.1. The van der Waals surface area contributed by atoms with Crippen LogP contribution >= 0.6 is 22.9 Å². The number of carbonyl (C=O) groups excluding carboxylic acids is 1. The molecule has 5 nitrogen and oxygen atoms in total. The summed E-state index contributed by atoms with van der Waals surface area (Å²) in [5, 5.41) is 19.3. The third-order valence-electron chi connectivity index (χ3n) is 3.68. The normalized spacial score (nSPS) is 10.9. The molecule has 0 radical (unpaired) electrons. The molecule has 0 bridgehead atoms. The Morgan fingerprint density at radius 2 is 1.93 bits per heavy atom. The van der Waals surface area contributed by atoms with Gasteiger partial charge in [-0.2, -0.15) is 0 Å². The van der Waals surface area contributed by atoms with Crippen LogP contribution in [0.4, 0.5) is 5.69 Å². The smallest absolute Gasteiger partial charge is 0.348 e. The molecule has 0 saturated carbocycles. The Hall–Kier alpha value is -2.33. The zero-order chi connectivity index (χ0) is 21.1. The van der Waals surface area contributed by atoms with E-state index in [1.807, 2.05) is 27.7 Å². The molecule has 2 rings (SSSR count). The summed E-state index contributed by atoms with van der Waals surface area (Å²) in [4.78, 5) is 26.6. The van der Waals surface area contributed by atoms with Crippen LogP contribution in [0.2, 0.25) is 5.02 Å². The van der Waals surface area contributed by atoms with Crippen LogP contribution in [0.3, 0.4) is 0 Å². The van der Waals surface area contributed by atoms with E-state index in [0.29, 0.717) is 4.88 Å². The van der Waals surface area contributed by atoms with Crippen LogP contribution < -0.4 is 4.90 Å². The van der Waals surface area contributed by atoms with Crippen LogP contribution in [0.25, 0.3) is 0 Å². The highest BCUT2D eigenvalue weighted by molar-refractivity contribution is 7.15. The SMILES string of the molecule is Cc1ccc(C(=O)N(CCO)c2cc(C#CC(C)(C)C)sc2C(=O)O)c(Cl)c1. The van der Waals surface area contributed by atoms with Gasteiger partial charge < -0.3 is 15.1 Å². The minimum Gasteiger partial charge on any atom is -0.477 e. The fraction of sp³-hybridized carbons (Fsp3) is 0.333. The minimum absolute atomic E-state index is 0.0109. The number of rotatable bonds is 5. The second-order valence-electron chi connectivity index (χ2n) is 7.29. The molecule has 0 unspecified atom stereocenters. The molecule has 0 saturated heterocycles. The molecule has 0 aliphatic carbocycles. The van der Waals surface area contributed by atoms with Gasteiger partial charge in [0, 0.05) is 12.0 Å². The van der Waals surface area contributed by atoms with Crippen LogP contribution in [0.15, 0.2) is 24.3 Å². The lowest BCUT2D eigenvalue weighted by molar-refractivity contribution is 0.0703. The molecule has 1 amide bonds. The fourth-order valence-corrected chi connectivity index (χ4v) is 3.59. The van der Waals surface area contributed by atoms with Gasteiger partial charge in [0.1, 0.15) is 4.88 Å². The molecule has 1 heterocycles. The van der Waals surface area contributed by atoms with Crippen LogP contribution in [0.1, 0.15) is 51.2 Å². The molecule has 0 aliphatic rings. The minimum atomic E-state index is -1.16. The van der Waals surface area contributed by atoms with Gasteiger partial charge in [0.05, 0.1) is 27.8 Å². The van der Waals surface area contributed by atoms with Crippen LogP contribution in [0.5, 0.6) is 0 Å². The summed E-state index contributed by atoms with van der Waals surface area (Å²) >= 11 is 7.22. The average molecular weight is 420 g/mol. The quantitative estimate of drug-likeness (QED) is 0.702. The van der Waals surface area contributed by atoms with Crippen LogP contribution in [-0.4, -0.2) is 35.2 Å². The maximum absolute atomic E-state index is 13.1. The van der Waals surface area contributed by atoms with Crippen molar-refractivity contribution in [2.45, 2.75) is 27.7 Å². The number of carbonyl (C=O) groups is 2. The molecule has 0 atom stereocenters. The third-order valence-corrected chi connectivity index (χ3v) is 5.02. The van der Waals surface area contributed by atoms with Gasteiger partial charge in [0.15, 0.2) is 0 Å². The van der Waals surface area contributed by atoms with Gasteiger partial charge in [-0.25, -0.2) is 4.79 Å². The highest BCUT2D eigenvalue weighted by Crippen LogP contribution is 2.32. The first kappa shape index (κ1) is 22.0. The Kier molecular flexibility index (Phi) is 6.89. The second-order valence-corrected chi connectivity index (χ2v) is 8.75. The van der Waals surface area contributed by atoms with Crippen molar-refractivity contribution in [2.75, 3.05) is 18.1 Å². The van der Waals surface area contributed by atoms with Gasteiger partial charge >= 0.3 is 5.97 Å². The predicted molar refractivity (Wildman–Crippen MR) is 113 cm³/mol. The number of benzene rings is 1. The summed E-state index contributed by atoms with van der Waals surface area (Å²) in [6.07, 6.45) is 0. The van der Waals surface area contributed by atoms with Crippen molar-refractivity contribution in [3.05, 3.63) is 50.2 Å². The van der Waals surface area contributed by atoms with Gasteiger partial charge in [-0.3, -0.25) is 4.79 Å². The molecule has 2 aromatic rings. The fourth-order valence-electron chi connectivity index (χ4n) is 2.42. The lowest BCUT2D eigenvalue weighted by Crippen LogP contribution is -2.34. The second kappa shape index (κ2) is 8.78. The van der Waals surface area contributed by atoms with E-state index in [0.717, 1.165) is 16.9 Å². The van der Waals surface area contributed by atoms with E-state index in [-0.39, 0.29) is 39.7 Å². The molecule has 0 aliphatic heterocycles. The van der Waals surface area contributed by atoms with Gasteiger partial charge in [-0.05, 0) is 51.5 Å². The Morgan fingerprint density at radius 3 is 2.46 bits per heavy atom. The molecule has 0 fully saturated rings. The standard InChI is InChI=1S/C21H22ClNO4S/c1-13-5-6-15(16(22)11-13)19(25)23(9-10-24)17-12-14(7-8-21(2,3)4)28-18(17)20(26)27/h5-6,11-12,24H,9-10H2,1-4H3,(H,26,27). The van der Waals surface area contributed by atoms with Crippen molar-refractivity contribution >= 4 is 40.5 Å². The number of amides is 1. The Labute approximate surface area is 173 Å². The molecular formula is C21H22ClNO4S. The number of aromatic carboxylic acids is 1. The first-order valence-corrected chi connectivity index (χ1v) is 9.82. The van der Waals surface area contributed by atoms with Gasteiger partial charge in [-0.15, -0.1) is 11.3 Å². The van der Waals surface area contributed by atoms with E-state index in [1.165, 1.54) is 4.90 Å². The lowest BCUT2D eigenvalue weighted by atomic mass is 9.98. The summed E-state index contributed by atoms with van der Waals surface area (Å²) in [6, 6.07) is 6.58. The topological polar surface area (TPSA) is 77.8 Å². The summed E-state index contributed by atoms with van der Waals surface area (Å²) in [7, 11) is 0. The number of carboxylic acids is 1. The van der Waals surface area contributed by atoms with Gasteiger partial charge in [-0.1, -0.05) is 29.5 Å². The zero-order valence-corrected chi connectivity index (χ0v) is 17.7. The number of anilines is 1. The van der Waals surface area contributed by atoms with E-state index in [4.69, 9.17) is 11.6 Å². The number of aliphatic hydroxyl groups excluding tert-OH is 1. The first-order chi connectivity index (χ1) is 13.0. The number of aryl methyl sites for hydroxylation is 1. The van der Waals surface area contributed by atoms with Crippen molar-refractivity contribution in [3.63, 3.8) is 0 Å². The molecule has 0 spiro atoms. The Balaban J connectivity index is 2.55. The molecule has 148 valence electrons. The average Bonchev–Trinajstić information content (AvgIpc) is 3.01. The van der Waals surface area contributed by atoms with Gasteiger partial charge in [0.2, 0.25) is 0 Å². The first-order valence-electron chi connectivity index (χ1n) is 8.62. The number of hydrogen-bond donors (Lipinski definition) is 2. The van der Waals surface area contributed by atoms with Crippen LogP contribution in [-0.2, 0) is 0 Å². The molecular weight excluding hydrogens is 398 g/mol. The summed E-state index contributed by atoms with van der Waals surface area (Å²) in [5.41, 5.74) is 1.09. The summed E-state index contributed by atoms with van der Waals surface area (Å²) < 4.78 is 0. The Morgan fingerprint density at radius 1 is 1.25 bits per heavy atom. The largest absolute Gasteiger partial charge is 0.477 e. The van der Waals surface area contributed by atoms with E-state index >= 15 is 0 Å².